The summed E-state index contributed by atoms with van der Waals surface area (Å²) in [5.41, 5.74) is 6.61. The number of fused-ring (bicyclic) bond motifs is 1. The molecule has 1 N–H and O–H groups in total. The van der Waals surface area contributed by atoms with Gasteiger partial charge in [-0.25, -0.2) is 0 Å². The van der Waals surface area contributed by atoms with E-state index in [9.17, 15) is 4.79 Å². The predicted molar refractivity (Wildman–Crippen MR) is 138 cm³/mol. The van der Waals surface area contributed by atoms with Crippen LogP contribution in [0.2, 0.25) is 0 Å². The monoisotopic (exact) mass is 440 g/mol. The lowest BCUT2D eigenvalue weighted by atomic mass is 9.86. The Morgan fingerprint density at radius 1 is 0.848 bits per heavy atom. The summed E-state index contributed by atoms with van der Waals surface area (Å²) in [5.74, 6) is -0.00856. The Morgan fingerprint density at radius 3 is 2.03 bits per heavy atom. The van der Waals surface area contributed by atoms with Gasteiger partial charge in [0.05, 0.1) is 0 Å². The summed E-state index contributed by atoms with van der Waals surface area (Å²) in [7, 11) is 0. The first-order valence-corrected chi connectivity index (χ1v) is 12.4. The van der Waals surface area contributed by atoms with Crippen molar-refractivity contribution >= 4 is 11.6 Å². The van der Waals surface area contributed by atoms with E-state index in [-0.39, 0.29) is 5.91 Å². The SMILES string of the molecule is CC(=O)Nc1ccc2c(c1)CC(N(CCCc1ccccc1)CCCc1ccccc1)CC2. The number of carbonyl (C=O) groups is 1. The molecule has 33 heavy (non-hydrogen) atoms. The molecule has 3 aromatic rings. The zero-order chi connectivity index (χ0) is 22.9. The highest BCUT2D eigenvalue weighted by atomic mass is 16.1. The van der Waals surface area contributed by atoms with E-state index in [1.165, 1.54) is 41.5 Å². The average molecular weight is 441 g/mol. The zero-order valence-electron chi connectivity index (χ0n) is 19.8. The summed E-state index contributed by atoms with van der Waals surface area (Å²) in [6.45, 7) is 3.84. The van der Waals surface area contributed by atoms with Gasteiger partial charge in [0.2, 0.25) is 5.91 Å². The maximum atomic E-state index is 11.5. The van der Waals surface area contributed by atoms with Gasteiger partial charge in [-0.2, -0.15) is 0 Å². The number of anilines is 1. The molecule has 4 rings (SSSR count). The maximum Gasteiger partial charge on any atom is 0.221 e. The smallest absolute Gasteiger partial charge is 0.221 e. The molecule has 1 aliphatic carbocycles. The van der Waals surface area contributed by atoms with Crippen molar-refractivity contribution < 1.29 is 4.79 Å². The highest BCUT2D eigenvalue weighted by Gasteiger charge is 2.24. The van der Waals surface area contributed by atoms with Crippen molar-refractivity contribution in [3.8, 4) is 0 Å². The number of hydrogen-bond acceptors (Lipinski definition) is 2. The van der Waals surface area contributed by atoms with Gasteiger partial charge >= 0.3 is 0 Å². The van der Waals surface area contributed by atoms with Crippen LogP contribution in [0.5, 0.6) is 0 Å². The molecule has 3 aromatic carbocycles. The highest BCUT2D eigenvalue weighted by molar-refractivity contribution is 5.88. The zero-order valence-corrected chi connectivity index (χ0v) is 19.8. The van der Waals surface area contributed by atoms with E-state index in [1.54, 1.807) is 6.92 Å². The maximum absolute atomic E-state index is 11.5. The fraction of sp³-hybridized carbons (Fsp3) is 0.367. The molecule has 3 nitrogen and oxygen atoms in total. The van der Waals surface area contributed by atoms with Crippen molar-refractivity contribution in [3.05, 3.63) is 101 Å². The van der Waals surface area contributed by atoms with Crippen LogP contribution in [-0.4, -0.2) is 29.9 Å². The summed E-state index contributed by atoms with van der Waals surface area (Å²) >= 11 is 0. The molecule has 0 saturated carbocycles. The molecule has 1 aliphatic rings. The Hall–Kier alpha value is -2.91. The Morgan fingerprint density at radius 2 is 1.45 bits per heavy atom. The Balaban J connectivity index is 1.40. The summed E-state index contributed by atoms with van der Waals surface area (Å²) in [5, 5.41) is 2.95. The third-order valence-electron chi connectivity index (χ3n) is 6.75. The molecule has 1 unspecified atom stereocenters. The second-order valence-electron chi connectivity index (χ2n) is 9.28. The summed E-state index contributed by atoms with van der Waals surface area (Å²) in [4.78, 5) is 14.2. The fourth-order valence-corrected chi connectivity index (χ4v) is 5.07. The van der Waals surface area contributed by atoms with Gasteiger partial charge < -0.3 is 10.2 Å². The molecule has 1 atom stereocenters. The molecule has 0 heterocycles. The number of nitrogens with one attached hydrogen (secondary N) is 1. The van der Waals surface area contributed by atoms with Crippen LogP contribution in [0, 0.1) is 0 Å². The van der Waals surface area contributed by atoms with Crippen LogP contribution >= 0.6 is 0 Å². The first-order valence-electron chi connectivity index (χ1n) is 12.4. The van der Waals surface area contributed by atoms with Gasteiger partial charge in [-0.1, -0.05) is 66.7 Å². The number of hydrogen-bond donors (Lipinski definition) is 1. The van der Waals surface area contributed by atoms with E-state index in [1.807, 2.05) is 6.07 Å². The number of benzene rings is 3. The van der Waals surface area contributed by atoms with Crippen LogP contribution in [0.3, 0.4) is 0 Å². The highest BCUT2D eigenvalue weighted by Crippen LogP contribution is 2.28. The molecule has 0 radical (unpaired) electrons. The van der Waals surface area contributed by atoms with Gasteiger partial charge in [0, 0.05) is 18.7 Å². The molecule has 172 valence electrons. The van der Waals surface area contributed by atoms with Crippen molar-refractivity contribution in [2.24, 2.45) is 0 Å². The molecule has 0 bridgehead atoms. The normalized spacial score (nSPS) is 15.3. The predicted octanol–water partition coefficient (Wildman–Crippen LogP) is 6.07. The van der Waals surface area contributed by atoms with Crippen molar-refractivity contribution in [2.45, 2.75) is 57.9 Å². The number of aryl methyl sites for hydroxylation is 3. The summed E-state index contributed by atoms with van der Waals surface area (Å²) < 4.78 is 0. The minimum absolute atomic E-state index is 0.00856. The van der Waals surface area contributed by atoms with Crippen molar-refractivity contribution in [3.63, 3.8) is 0 Å². The molecule has 0 saturated heterocycles. The van der Waals surface area contributed by atoms with E-state index in [0.717, 1.165) is 44.5 Å². The number of rotatable bonds is 10. The third-order valence-corrected chi connectivity index (χ3v) is 6.75. The van der Waals surface area contributed by atoms with Crippen molar-refractivity contribution in [1.82, 2.24) is 4.90 Å². The molecule has 0 aliphatic heterocycles. The quantitative estimate of drug-likeness (QED) is 0.415. The van der Waals surface area contributed by atoms with E-state index in [4.69, 9.17) is 0 Å². The largest absolute Gasteiger partial charge is 0.326 e. The topological polar surface area (TPSA) is 32.3 Å². The third kappa shape index (κ3) is 7.03. The van der Waals surface area contributed by atoms with Gasteiger partial charge in [0.25, 0.3) is 0 Å². The standard InChI is InChI=1S/C30H36N2O/c1-24(33)31-29-18-16-27-17-19-30(23-28(27)22-29)32(20-8-14-25-10-4-2-5-11-25)21-9-15-26-12-6-3-7-13-26/h2-7,10-13,16,18,22,30H,8-9,14-15,17,19-21,23H2,1H3,(H,31,33). The average Bonchev–Trinajstić information content (AvgIpc) is 2.83. The van der Waals surface area contributed by atoms with Crippen LogP contribution in [0.4, 0.5) is 5.69 Å². The van der Waals surface area contributed by atoms with Crippen LogP contribution < -0.4 is 5.32 Å². The Kier molecular flexibility index (Phi) is 8.32. The summed E-state index contributed by atoms with van der Waals surface area (Å²) in [6, 6.07) is 28.7. The molecule has 0 fully saturated rings. The summed E-state index contributed by atoms with van der Waals surface area (Å²) in [6.07, 6.45) is 8.03. The number of carbonyl (C=O) groups excluding carboxylic acids is 1. The van der Waals surface area contributed by atoms with Crippen molar-refractivity contribution in [1.29, 1.82) is 0 Å². The minimum Gasteiger partial charge on any atom is -0.326 e. The Labute approximate surface area is 198 Å². The van der Waals surface area contributed by atoms with Crippen molar-refractivity contribution in [2.75, 3.05) is 18.4 Å². The molecular weight excluding hydrogens is 404 g/mol. The van der Waals surface area contributed by atoms with Gasteiger partial charge in [0.1, 0.15) is 0 Å². The lowest BCUT2D eigenvalue weighted by Crippen LogP contribution is -2.41. The van der Waals surface area contributed by atoms with Gasteiger partial charge in [-0.3, -0.25) is 4.79 Å². The first-order chi connectivity index (χ1) is 16.2. The molecular formula is C30H36N2O. The minimum atomic E-state index is -0.00856. The number of nitrogens with zero attached hydrogens (tertiary/aromatic N) is 1. The molecule has 3 heteroatoms. The van der Waals surface area contributed by atoms with E-state index >= 15 is 0 Å². The number of amides is 1. The van der Waals surface area contributed by atoms with Crippen LogP contribution in [0.1, 0.15) is 48.4 Å². The van der Waals surface area contributed by atoms with E-state index in [2.05, 4.69) is 83.0 Å². The van der Waals surface area contributed by atoms with E-state index in [0.29, 0.717) is 6.04 Å². The fourth-order valence-electron chi connectivity index (χ4n) is 5.07. The van der Waals surface area contributed by atoms with Crippen LogP contribution in [-0.2, 0) is 30.5 Å². The second-order valence-corrected chi connectivity index (χ2v) is 9.28. The Bertz CT molecular complexity index is 970. The second kappa shape index (κ2) is 11.8. The molecule has 0 aromatic heterocycles. The lowest BCUT2D eigenvalue weighted by Gasteiger charge is -2.35. The van der Waals surface area contributed by atoms with Crippen LogP contribution in [0.15, 0.2) is 78.9 Å². The van der Waals surface area contributed by atoms with Gasteiger partial charge in [0.15, 0.2) is 0 Å². The van der Waals surface area contributed by atoms with Crippen LogP contribution in [0.25, 0.3) is 0 Å². The first kappa shape index (κ1) is 23.3. The van der Waals surface area contributed by atoms with Gasteiger partial charge in [-0.05, 0) is 92.4 Å². The lowest BCUT2D eigenvalue weighted by molar-refractivity contribution is -0.114. The van der Waals surface area contributed by atoms with Gasteiger partial charge in [-0.15, -0.1) is 0 Å². The molecule has 1 amide bonds. The van der Waals surface area contributed by atoms with E-state index < -0.39 is 0 Å². The molecule has 0 spiro atoms.